The number of hydrogen-bond donors (Lipinski definition) is 1. The molecule has 2 aromatic carbocycles. The van der Waals surface area contributed by atoms with Crippen molar-refractivity contribution in [2.24, 2.45) is 5.73 Å². The highest BCUT2D eigenvalue weighted by atomic mass is 35.5. The Hall–Kier alpha value is -3.23. The first kappa shape index (κ1) is 17.2. The maximum atomic E-state index is 9.72. The second-order valence-corrected chi connectivity index (χ2v) is 6.91. The van der Waals surface area contributed by atoms with Gasteiger partial charge in [-0.25, -0.2) is 4.68 Å². The van der Waals surface area contributed by atoms with E-state index >= 15 is 0 Å². The molecule has 5 nitrogen and oxygen atoms in total. The van der Waals surface area contributed by atoms with Gasteiger partial charge in [0.2, 0.25) is 11.8 Å². The summed E-state index contributed by atoms with van der Waals surface area (Å²) < 4.78 is 7.57. The quantitative estimate of drug-likeness (QED) is 0.720. The molecule has 134 valence electrons. The van der Waals surface area contributed by atoms with E-state index < -0.39 is 5.92 Å². The molecule has 6 heteroatoms. The molecule has 0 bridgehead atoms. The predicted octanol–water partition coefficient (Wildman–Crippen LogP) is 4.36. The van der Waals surface area contributed by atoms with Gasteiger partial charge in [0.1, 0.15) is 11.6 Å². The van der Waals surface area contributed by atoms with Crippen molar-refractivity contribution < 1.29 is 4.74 Å². The number of ether oxygens (including phenoxy) is 1. The van der Waals surface area contributed by atoms with E-state index in [2.05, 4.69) is 11.2 Å². The Labute approximate surface area is 162 Å². The fourth-order valence-electron chi connectivity index (χ4n) is 3.40. The summed E-state index contributed by atoms with van der Waals surface area (Å²) >= 11 is 6.45. The number of hydrogen-bond acceptors (Lipinski definition) is 4. The topological polar surface area (TPSA) is 76.9 Å². The van der Waals surface area contributed by atoms with Crippen molar-refractivity contribution in [2.75, 3.05) is 0 Å². The van der Waals surface area contributed by atoms with E-state index in [0.29, 0.717) is 16.5 Å². The molecule has 0 aliphatic carbocycles. The van der Waals surface area contributed by atoms with E-state index in [4.69, 9.17) is 22.1 Å². The van der Waals surface area contributed by atoms with Crippen LogP contribution in [0.25, 0.3) is 5.69 Å². The first-order valence-electron chi connectivity index (χ1n) is 8.50. The molecule has 0 saturated heterocycles. The average molecular weight is 377 g/mol. The van der Waals surface area contributed by atoms with E-state index in [1.54, 1.807) is 10.7 Å². The SMILES string of the molecule is Cc1ccc(-n2nc(C)c3c2OC(N)=C(C#N)[C@@H]3c2ccccc2Cl)cc1. The maximum Gasteiger partial charge on any atom is 0.229 e. The van der Waals surface area contributed by atoms with Crippen LogP contribution in [0.1, 0.15) is 28.3 Å². The molecular formula is C21H17ClN4O. The minimum atomic E-state index is -0.424. The number of nitriles is 1. The van der Waals surface area contributed by atoms with Crippen LogP contribution in [0, 0.1) is 25.2 Å². The van der Waals surface area contributed by atoms with E-state index in [9.17, 15) is 5.26 Å². The molecule has 0 fully saturated rings. The molecule has 1 atom stereocenters. The largest absolute Gasteiger partial charge is 0.422 e. The third-order valence-corrected chi connectivity index (χ3v) is 5.07. The Morgan fingerprint density at radius 3 is 2.52 bits per heavy atom. The Balaban J connectivity index is 1.97. The fraction of sp³-hybridized carbons (Fsp3) is 0.143. The summed E-state index contributed by atoms with van der Waals surface area (Å²) in [7, 11) is 0. The minimum absolute atomic E-state index is 0.0724. The number of benzene rings is 2. The average Bonchev–Trinajstić information content (AvgIpc) is 2.98. The highest BCUT2D eigenvalue weighted by Gasteiger charge is 2.36. The van der Waals surface area contributed by atoms with Crippen molar-refractivity contribution >= 4 is 11.6 Å². The van der Waals surface area contributed by atoms with Crippen LogP contribution in [0.3, 0.4) is 0 Å². The molecule has 2 heterocycles. The van der Waals surface area contributed by atoms with Gasteiger partial charge >= 0.3 is 0 Å². The molecule has 0 saturated carbocycles. The van der Waals surface area contributed by atoms with Crippen LogP contribution in [-0.4, -0.2) is 9.78 Å². The zero-order valence-corrected chi connectivity index (χ0v) is 15.7. The lowest BCUT2D eigenvalue weighted by atomic mass is 9.84. The Kier molecular flexibility index (Phi) is 4.14. The zero-order valence-electron chi connectivity index (χ0n) is 14.9. The van der Waals surface area contributed by atoms with E-state index in [1.807, 2.05) is 56.3 Å². The second kappa shape index (κ2) is 6.49. The summed E-state index contributed by atoms with van der Waals surface area (Å²) in [5, 5.41) is 14.9. The molecule has 0 radical (unpaired) electrons. The van der Waals surface area contributed by atoms with E-state index in [-0.39, 0.29) is 5.88 Å². The molecule has 1 aromatic heterocycles. The lowest BCUT2D eigenvalue weighted by molar-refractivity contribution is 0.367. The number of allylic oxidation sites excluding steroid dienone is 1. The summed E-state index contributed by atoms with van der Waals surface area (Å²) in [4.78, 5) is 0. The van der Waals surface area contributed by atoms with Crippen molar-refractivity contribution in [1.29, 1.82) is 5.26 Å². The molecule has 0 spiro atoms. The first-order valence-corrected chi connectivity index (χ1v) is 8.87. The molecule has 3 aromatic rings. The summed E-state index contributed by atoms with van der Waals surface area (Å²) in [6.45, 7) is 3.92. The van der Waals surface area contributed by atoms with Gasteiger partial charge in [0.15, 0.2) is 0 Å². The smallest absolute Gasteiger partial charge is 0.229 e. The monoisotopic (exact) mass is 376 g/mol. The number of aryl methyl sites for hydroxylation is 2. The highest BCUT2D eigenvalue weighted by Crippen LogP contribution is 2.46. The number of halogens is 1. The van der Waals surface area contributed by atoms with Gasteiger partial charge in [0.25, 0.3) is 0 Å². The van der Waals surface area contributed by atoms with Gasteiger partial charge in [-0.05, 0) is 37.6 Å². The lowest BCUT2D eigenvalue weighted by Gasteiger charge is -2.25. The Bertz CT molecular complexity index is 1110. The van der Waals surface area contributed by atoms with Crippen molar-refractivity contribution in [1.82, 2.24) is 9.78 Å². The number of aromatic nitrogens is 2. The second-order valence-electron chi connectivity index (χ2n) is 6.50. The van der Waals surface area contributed by atoms with Crippen molar-refractivity contribution in [2.45, 2.75) is 19.8 Å². The molecule has 0 amide bonds. The first-order chi connectivity index (χ1) is 13.0. The molecule has 1 aliphatic heterocycles. The van der Waals surface area contributed by atoms with Crippen LogP contribution in [0.2, 0.25) is 5.02 Å². The van der Waals surface area contributed by atoms with Gasteiger partial charge in [0, 0.05) is 5.02 Å². The minimum Gasteiger partial charge on any atom is -0.422 e. The predicted molar refractivity (Wildman–Crippen MR) is 104 cm³/mol. The zero-order chi connectivity index (χ0) is 19.1. The lowest BCUT2D eigenvalue weighted by Crippen LogP contribution is -2.22. The van der Waals surface area contributed by atoms with Crippen LogP contribution >= 0.6 is 11.6 Å². The fourth-order valence-corrected chi connectivity index (χ4v) is 3.64. The van der Waals surface area contributed by atoms with Crippen LogP contribution in [0.5, 0.6) is 5.88 Å². The van der Waals surface area contributed by atoms with Crippen molar-refractivity contribution in [3.8, 4) is 17.6 Å². The number of rotatable bonds is 2. The van der Waals surface area contributed by atoms with Crippen LogP contribution in [-0.2, 0) is 0 Å². The molecule has 1 aliphatic rings. The van der Waals surface area contributed by atoms with E-state index in [0.717, 1.165) is 28.1 Å². The Morgan fingerprint density at radius 1 is 1.15 bits per heavy atom. The highest BCUT2D eigenvalue weighted by molar-refractivity contribution is 6.31. The van der Waals surface area contributed by atoms with Crippen LogP contribution in [0.4, 0.5) is 0 Å². The number of nitrogens with zero attached hydrogens (tertiary/aromatic N) is 3. The van der Waals surface area contributed by atoms with Gasteiger partial charge in [0.05, 0.1) is 22.9 Å². The van der Waals surface area contributed by atoms with Gasteiger partial charge < -0.3 is 10.5 Å². The molecule has 4 rings (SSSR count). The van der Waals surface area contributed by atoms with Crippen molar-refractivity contribution in [3.63, 3.8) is 0 Å². The van der Waals surface area contributed by atoms with Gasteiger partial charge in [-0.2, -0.15) is 10.4 Å². The molecule has 2 N–H and O–H groups in total. The molecule has 0 unspecified atom stereocenters. The van der Waals surface area contributed by atoms with Gasteiger partial charge in [-0.3, -0.25) is 0 Å². The Morgan fingerprint density at radius 2 is 1.85 bits per heavy atom. The van der Waals surface area contributed by atoms with E-state index in [1.165, 1.54) is 0 Å². The summed E-state index contributed by atoms with van der Waals surface area (Å²) in [5.74, 6) is 0.160. The molecular weight excluding hydrogens is 360 g/mol. The number of fused-ring (bicyclic) bond motifs is 1. The normalized spacial score (nSPS) is 15.9. The maximum absolute atomic E-state index is 9.72. The van der Waals surface area contributed by atoms with Crippen LogP contribution < -0.4 is 10.5 Å². The molecule has 27 heavy (non-hydrogen) atoms. The number of nitrogens with two attached hydrogens (primary N) is 1. The van der Waals surface area contributed by atoms with Gasteiger partial charge in [-0.1, -0.05) is 47.5 Å². The third-order valence-electron chi connectivity index (χ3n) is 4.73. The summed E-state index contributed by atoms with van der Waals surface area (Å²) in [6.07, 6.45) is 0. The third kappa shape index (κ3) is 2.75. The van der Waals surface area contributed by atoms with Crippen molar-refractivity contribution in [3.05, 3.63) is 87.4 Å². The summed E-state index contributed by atoms with van der Waals surface area (Å²) in [6, 6.07) is 17.6. The van der Waals surface area contributed by atoms with Gasteiger partial charge in [-0.15, -0.1) is 0 Å². The summed E-state index contributed by atoms with van der Waals surface area (Å²) in [5.41, 5.74) is 10.8. The van der Waals surface area contributed by atoms with Crippen LogP contribution in [0.15, 0.2) is 60.0 Å². The standard InChI is InChI=1S/C21H17ClN4O/c1-12-7-9-14(10-8-12)26-21-18(13(2)25-26)19(16(11-23)20(24)27-21)15-5-3-4-6-17(15)22/h3-10,19H,24H2,1-2H3/t19-/m0/s1.